The third-order valence-corrected chi connectivity index (χ3v) is 8.67. The first-order valence-electron chi connectivity index (χ1n) is 11.2. The number of carboxylic acid groups (broad SMARTS) is 1. The van der Waals surface area contributed by atoms with Crippen LogP contribution in [0.4, 0.5) is 11.5 Å². The van der Waals surface area contributed by atoms with Crippen LogP contribution in [0, 0.1) is 10.1 Å². The summed E-state index contributed by atoms with van der Waals surface area (Å²) in [6.07, 6.45) is -3.61. The summed E-state index contributed by atoms with van der Waals surface area (Å²) in [6.45, 7) is -0.998. The quantitative estimate of drug-likeness (QED) is 0.135. The van der Waals surface area contributed by atoms with Gasteiger partial charge in [0.25, 0.3) is 5.69 Å². The average Bonchev–Trinajstić information content (AvgIpc) is 3.43. The van der Waals surface area contributed by atoms with Crippen LogP contribution in [0.2, 0.25) is 0 Å². The minimum Gasteiger partial charge on any atom is -0.480 e. The van der Waals surface area contributed by atoms with E-state index in [0.29, 0.717) is 0 Å². The van der Waals surface area contributed by atoms with E-state index < -0.39 is 75.2 Å². The van der Waals surface area contributed by atoms with Crippen LogP contribution < -0.4 is 11.5 Å². The Morgan fingerprint density at radius 2 is 2.00 bits per heavy atom. The molecule has 0 bridgehead atoms. The van der Waals surface area contributed by atoms with E-state index in [9.17, 15) is 33.5 Å². The molecule has 210 valence electrons. The number of rotatable bonds is 10. The second-order valence-electron chi connectivity index (χ2n) is 8.60. The summed E-state index contributed by atoms with van der Waals surface area (Å²) >= 11 is 3.00. The highest BCUT2D eigenvalue weighted by Crippen LogP contribution is 2.34. The molecule has 0 aliphatic carbocycles. The molecule has 1 aliphatic rings. The molecule has 1 saturated heterocycles. The van der Waals surface area contributed by atoms with Crippen molar-refractivity contribution in [2.45, 2.75) is 41.9 Å². The van der Waals surface area contributed by atoms with Crippen molar-refractivity contribution in [1.29, 1.82) is 0 Å². The molecule has 4 rings (SSSR count). The number of aliphatic carboxylic acids is 1. The average molecular weight is 631 g/mol. The van der Waals surface area contributed by atoms with E-state index in [1.165, 1.54) is 23.3 Å². The largest absolute Gasteiger partial charge is 0.480 e. The Morgan fingerprint density at radius 3 is 2.67 bits per heavy atom. The Bertz CT molecular complexity index is 1520. The molecule has 1 aromatic carbocycles. The van der Waals surface area contributed by atoms with Gasteiger partial charge in [-0.2, -0.15) is 4.31 Å². The Kier molecular flexibility index (Phi) is 8.12. The number of benzene rings is 1. The summed E-state index contributed by atoms with van der Waals surface area (Å²) in [4.78, 5) is 33.3. The SMILES string of the molecule is Nc1ncnc2c1ncn2[C@@H]1O[C@H](CN(CC[C@H](N)C(=O)O)S(=O)(=O)c2ccc(Br)c([N+](=O)[O-])c2)[C@@H](O)[C@H]1O. The predicted octanol–water partition coefficient (Wildman–Crippen LogP) is -0.809. The number of halogens is 1. The predicted molar refractivity (Wildman–Crippen MR) is 135 cm³/mol. The highest BCUT2D eigenvalue weighted by Gasteiger charge is 2.46. The molecular formula is C20H23BrN8O9S. The van der Waals surface area contributed by atoms with Gasteiger partial charge in [-0.25, -0.2) is 23.4 Å². The number of hydrogen-bond donors (Lipinski definition) is 5. The number of nitrogens with two attached hydrogens (primary N) is 2. The summed E-state index contributed by atoms with van der Waals surface area (Å²) in [7, 11) is -4.50. The van der Waals surface area contributed by atoms with Crippen LogP contribution in [0.25, 0.3) is 11.2 Å². The summed E-state index contributed by atoms with van der Waals surface area (Å²) < 4.78 is 35.1. The maximum Gasteiger partial charge on any atom is 0.320 e. The second kappa shape index (κ2) is 11.0. The topological polar surface area (TPSA) is 263 Å². The van der Waals surface area contributed by atoms with Crippen molar-refractivity contribution < 1.29 is 38.2 Å². The Balaban J connectivity index is 1.65. The molecule has 1 fully saturated rings. The van der Waals surface area contributed by atoms with E-state index >= 15 is 0 Å². The van der Waals surface area contributed by atoms with Crippen molar-refractivity contribution >= 4 is 54.6 Å². The zero-order chi connectivity index (χ0) is 28.6. The lowest BCUT2D eigenvalue weighted by Crippen LogP contribution is -2.45. The summed E-state index contributed by atoms with van der Waals surface area (Å²) in [6, 6.07) is 1.73. The van der Waals surface area contributed by atoms with Crippen molar-refractivity contribution in [2.75, 3.05) is 18.8 Å². The Hall–Kier alpha value is -3.33. The lowest BCUT2D eigenvalue weighted by atomic mass is 10.1. The number of aliphatic hydroxyl groups is 2. The smallest absolute Gasteiger partial charge is 0.320 e. The van der Waals surface area contributed by atoms with Crippen molar-refractivity contribution in [3.05, 3.63) is 45.4 Å². The van der Waals surface area contributed by atoms with E-state index in [1.807, 2.05) is 0 Å². The van der Waals surface area contributed by atoms with Crippen LogP contribution in [-0.4, -0.2) is 95.9 Å². The van der Waals surface area contributed by atoms with Gasteiger partial charge < -0.3 is 31.5 Å². The van der Waals surface area contributed by atoms with Crippen molar-refractivity contribution in [3.63, 3.8) is 0 Å². The van der Waals surface area contributed by atoms with Crippen molar-refractivity contribution in [3.8, 4) is 0 Å². The zero-order valence-corrected chi connectivity index (χ0v) is 22.2. The Morgan fingerprint density at radius 1 is 1.28 bits per heavy atom. The van der Waals surface area contributed by atoms with Gasteiger partial charge in [-0.3, -0.25) is 19.5 Å². The van der Waals surface area contributed by atoms with E-state index in [2.05, 4.69) is 30.9 Å². The molecule has 0 spiro atoms. The van der Waals surface area contributed by atoms with E-state index in [4.69, 9.17) is 21.3 Å². The van der Waals surface area contributed by atoms with Gasteiger partial charge in [0.15, 0.2) is 17.7 Å². The van der Waals surface area contributed by atoms with Crippen LogP contribution in [0.1, 0.15) is 12.6 Å². The van der Waals surface area contributed by atoms with Gasteiger partial charge in [0.2, 0.25) is 10.0 Å². The molecule has 39 heavy (non-hydrogen) atoms. The number of ether oxygens (including phenoxy) is 1. The number of hydrogen-bond acceptors (Lipinski definition) is 13. The van der Waals surface area contributed by atoms with Crippen LogP contribution in [-0.2, 0) is 19.6 Å². The number of carbonyl (C=O) groups is 1. The van der Waals surface area contributed by atoms with Crippen LogP contribution in [0.15, 0.2) is 40.2 Å². The van der Waals surface area contributed by atoms with Crippen molar-refractivity contribution in [1.82, 2.24) is 23.8 Å². The van der Waals surface area contributed by atoms with Gasteiger partial charge in [-0.1, -0.05) is 0 Å². The fraction of sp³-hybridized carbons (Fsp3) is 0.400. The standard InChI is InChI=1S/C20H23BrN8O9S/c21-10-2-1-9(5-12(10)29(34)35)39(36,37)27(4-3-11(22)20(32)33)6-13-15(30)16(31)19(38-13)28-8-26-14-17(23)24-7-25-18(14)28/h1-2,5,7-8,11,13,15-16,19,30-31H,3-4,6,22H2,(H,32,33)(H2,23,24,25)/t11-,13+,15+,16+,19+/m0/s1. The molecule has 19 heteroatoms. The first-order chi connectivity index (χ1) is 18.3. The van der Waals surface area contributed by atoms with Gasteiger partial charge >= 0.3 is 5.97 Å². The number of sulfonamides is 1. The first kappa shape index (κ1) is 28.7. The molecule has 0 saturated carbocycles. The van der Waals surface area contributed by atoms with Gasteiger partial charge in [-0.05, 0) is 34.5 Å². The molecular weight excluding hydrogens is 608 g/mol. The molecule has 3 heterocycles. The second-order valence-corrected chi connectivity index (χ2v) is 11.4. The number of nitro groups is 1. The third kappa shape index (κ3) is 5.55. The monoisotopic (exact) mass is 630 g/mol. The number of aliphatic hydroxyl groups excluding tert-OH is 2. The number of imidazole rings is 1. The van der Waals surface area contributed by atoms with Gasteiger partial charge in [0.05, 0.1) is 20.6 Å². The van der Waals surface area contributed by atoms with Crippen LogP contribution >= 0.6 is 15.9 Å². The number of nitrogen functional groups attached to an aromatic ring is 1. The molecule has 17 nitrogen and oxygen atoms in total. The van der Waals surface area contributed by atoms with Crippen molar-refractivity contribution in [2.24, 2.45) is 5.73 Å². The van der Waals surface area contributed by atoms with E-state index in [1.54, 1.807) is 0 Å². The van der Waals surface area contributed by atoms with E-state index in [-0.39, 0.29) is 27.9 Å². The maximum absolute atomic E-state index is 13.6. The fourth-order valence-electron chi connectivity index (χ4n) is 4.02. The number of fused-ring (bicyclic) bond motifs is 1. The van der Waals surface area contributed by atoms with Crippen LogP contribution in [0.5, 0.6) is 0 Å². The highest BCUT2D eigenvalue weighted by atomic mass is 79.9. The summed E-state index contributed by atoms with van der Waals surface area (Å²) in [5.74, 6) is -1.30. The number of anilines is 1. The Labute approximate surface area is 228 Å². The first-order valence-corrected chi connectivity index (χ1v) is 13.4. The normalized spacial score (nSPS) is 22.4. The lowest BCUT2D eigenvalue weighted by molar-refractivity contribution is -0.385. The minimum absolute atomic E-state index is 0.0448. The summed E-state index contributed by atoms with van der Waals surface area (Å²) in [5.41, 5.74) is 11.3. The number of nitro benzene ring substituents is 1. The number of aromatic nitrogens is 4. The number of carboxylic acids is 1. The van der Waals surface area contributed by atoms with Gasteiger partial charge in [-0.15, -0.1) is 0 Å². The molecule has 5 atom stereocenters. The molecule has 7 N–H and O–H groups in total. The number of nitrogens with zero attached hydrogens (tertiary/aromatic N) is 6. The third-order valence-electron chi connectivity index (χ3n) is 6.14. The lowest BCUT2D eigenvalue weighted by Gasteiger charge is -2.27. The summed E-state index contributed by atoms with van der Waals surface area (Å²) in [5, 5.41) is 42.0. The molecule has 0 unspecified atom stereocenters. The maximum atomic E-state index is 13.6. The molecule has 2 aromatic heterocycles. The van der Waals surface area contributed by atoms with Crippen LogP contribution in [0.3, 0.4) is 0 Å². The molecule has 0 amide bonds. The van der Waals surface area contributed by atoms with E-state index in [0.717, 1.165) is 16.4 Å². The molecule has 1 aliphatic heterocycles. The van der Waals surface area contributed by atoms with Gasteiger partial charge in [0.1, 0.15) is 36.2 Å². The molecule has 0 radical (unpaired) electrons. The zero-order valence-electron chi connectivity index (χ0n) is 19.8. The minimum atomic E-state index is -4.50. The highest BCUT2D eigenvalue weighted by molar-refractivity contribution is 9.10. The fourth-order valence-corrected chi connectivity index (χ4v) is 5.90. The molecule has 3 aromatic rings. The van der Waals surface area contributed by atoms with Gasteiger partial charge in [0, 0.05) is 19.2 Å².